The molecule has 0 aromatic heterocycles. The number of nitrogens with one attached hydrogen (secondary N) is 7. The van der Waals surface area contributed by atoms with Gasteiger partial charge in [-0.3, -0.25) is 52.7 Å². The van der Waals surface area contributed by atoms with E-state index in [0.29, 0.717) is 30.6 Å². The molecule has 3 rings (SSSR count). The van der Waals surface area contributed by atoms with Crippen LogP contribution in [-0.2, 0) is 64.0 Å². The monoisotopic (exact) mass is 1090 g/mol. The molecule has 0 spiro atoms. The molecule has 1 aromatic rings. The van der Waals surface area contributed by atoms with Gasteiger partial charge in [-0.2, -0.15) is 11.8 Å². The first kappa shape index (κ1) is 63.4. The van der Waals surface area contributed by atoms with Crippen LogP contribution < -0.4 is 48.7 Å². The Kier molecular flexibility index (Phi) is 25.6. The summed E-state index contributed by atoms with van der Waals surface area (Å²) in [5, 5.41) is 46.2. The summed E-state index contributed by atoms with van der Waals surface area (Å²) in [7, 11) is 0. The number of carboxylic acids is 2. The van der Waals surface area contributed by atoms with Gasteiger partial charge in [-0.15, -0.1) is 0 Å². The number of nitrogens with zero attached hydrogens (tertiary/aromatic N) is 2. The highest BCUT2D eigenvalue weighted by Crippen LogP contribution is 2.27. The van der Waals surface area contributed by atoms with Gasteiger partial charge < -0.3 is 73.8 Å². The van der Waals surface area contributed by atoms with Gasteiger partial charge in [0, 0.05) is 19.5 Å². The third-order valence-corrected chi connectivity index (χ3v) is 13.4. The van der Waals surface area contributed by atoms with Gasteiger partial charge in [-0.05, 0) is 74.9 Å². The topological polar surface area (TPSA) is 408 Å². The smallest absolute Gasteiger partial charge is 0.326 e. The zero-order valence-corrected chi connectivity index (χ0v) is 44.5. The summed E-state index contributed by atoms with van der Waals surface area (Å²) in [6.07, 6.45) is 1.31. The van der Waals surface area contributed by atoms with Crippen molar-refractivity contribution in [3.05, 3.63) is 35.9 Å². The number of carbonyl (C=O) groups excluding carboxylic acids is 10. The fourth-order valence-electron chi connectivity index (χ4n) is 8.63. The summed E-state index contributed by atoms with van der Waals surface area (Å²) in [6, 6.07) is -5.77. The number of hydrogen-bond acceptors (Lipinski definition) is 15. The second-order valence-corrected chi connectivity index (χ2v) is 20.6. The fourth-order valence-corrected chi connectivity index (χ4v) is 9.12. The third-order valence-electron chi connectivity index (χ3n) is 12.7. The van der Waals surface area contributed by atoms with Crippen molar-refractivity contribution in [3.8, 4) is 0 Å². The van der Waals surface area contributed by atoms with Crippen LogP contribution in [0, 0.1) is 11.8 Å². The molecule has 10 amide bonds. The van der Waals surface area contributed by atoms with Crippen LogP contribution >= 0.6 is 11.8 Å². The summed E-state index contributed by atoms with van der Waals surface area (Å²) in [5.41, 5.74) is 11.9. The Hall–Kier alpha value is -6.87. The molecule has 0 bridgehead atoms. The highest BCUT2D eigenvalue weighted by Gasteiger charge is 2.45. The molecule has 0 saturated carbocycles. The number of hydrogen-bond donors (Lipinski definition) is 12. The Morgan fingerprint density at radius 1 is 0.658 bits per heavy atom. The normalized spacial score (nSPS) is 18.4. The van der Waals surface area contributed by atoms with E-state index in [4.69, 9.17) is 11.5 Å². The van der Waals surface area contributed by atoms with Crippen LogP contribution in [0.25, 0.3) is 0 Å². The maximum Gasteiger partial charge on any atom is 0.326 e. The molecule has 2 fully saturated rings. The Bertz CT molecular complexity index is 2260. The van der Waals surface area contributed by atoms with Gasteiger partial charge in [-0.25, -0.2) is 4.79 Å². The Morgan fingerprint density at radius 2 is 1.18 bits per heavy atom. The van der Waals surface area contributed by atoms with Gasteiger partial charge in [0.25, 0.3) is 0 Å². The third kappa shape index (κ3) is 19.4. The standard InChI is InChI=1S/C49H75N11O15S/c1-25(2)20-33(47(72)60-18-11-15-36(60)48(73)59-17-10-14-35(59)46(71)58-39(26(3)4)49(74)75)56-43(68)31(22-37(51)62)54-42(67)30(21-28-12-8-7-9-13-28)53-44(69)32(23-38(63)64)55-45(70)34(24-61)57-40(65)27(5)52-41(66)29(50)16-19-76-6/h7-9,12-13,25-27,29-36,39,61H,10-11,14-24,50H2,1-6H3,(H2,51,62)(H,52,66)(H,53,69)(H,54,67)(H,55,70)(H,56,68)(H,57,65)(H,58,71)(H,63,64)(H,74,75)/t27-,29-,30-,31-,32-,33-,34-,35-,36-,39-/m0/s1. The molecule has 14 N–H and O–H groups in total. The van der Waals surface area contributed by atoms with Gasteiger partial charge in [0.2, 0.25) is 59.1 Å². The van der Waals surface area contributed by atoms with E-state index < -0.39 is 157 Å². The molecule has 76 heavy (non-hydrogen) atoms. The van der Waals surface area contributed by atoms with E-state index in [1.807, 2.05) is 6.26 Å². The SMILES string of the molecule is CSCC[C@H](N)C(=O)N[C@@H](C)C(=O)N[C@@H](CO)C(=O)N[C@@H](CC(=O)O)C(=O)N[C@@H](Cc1ccccc1)C(=O)N[C@@H](CC(N)=O)C(=O)N[C@@H](CC(C)C)C(=O)N1CCC[C@H]1C(=O)N1CCC[C@H]1C(=O)N[C@H](C(=O)O)C(C)C. The van der Waals surface area contributed by atoms with Crippen molar-refractivity contribution < 1.29 is 72.9 Å². The molecular formula is C49H75N11O15S. The lowest BCUT2D eigenvalue weighted by atomic mass is 10.0. The maximum absolute atomic E-state index is 14.4. The van der Waals surface area contributed by atoms with Crippen molar-refractivity contribution in [2.75, 3.05) is 31.7 Å². The number of aliphatic carboxylic acids is 2. The number of primary amides is 1. The summed E-state index contributed by atoms with van der Waals surface area (Å²) in [4.78, 5) is 162. The van der Waals surface area contributed by atoms with Gasteiger partial charge >= 0.3 is 11.9 Å². The van der Waals surface area contributed by atoms with Crippen LogP contribution in [-0.4, -0.2) is 188 Å². The van der Waals surface area contributed by atoms with Crippen molar-refractivity contribution in [1.29, 1.82) is 0 Å². The molecule has 422 valence electrons. The molecule has 27 heteroatoms. The molecule has 26 nitrogen and oxygen atoms in total. The van der Waals surface area contributed by atoms with E-state index in [-0.39, 0.29) is 44.7 Å². The van der Waals surface area contributed by atoms with Crippen LogP contribution in [0.3, 0.4) is 0 Å². The summed E-state index contributed by atoms with van der Waals surface area (Å²) < 4.78 is 0. The van der Waals surface area contributed by atoms with Crippen LogP contribution in [0.1, 0.15) is 91.5 Å². The molecule has 2 heterocycles. The fraction of sp³-hybridized carbons (Fsp3) is 0.633. The van der Waals surface area contributed by atoms with Crippen molar-refractivity contribution >= 4 is 82.8 Å². The van der Waals surface area contributed by atoms with Crippen LogP contribution in [0.4, 0.5) is 0 Å². The van der Waals surface area contributed by atoms with Gasteiger partial charge in [0.15, 0.2) is 0 Å². The average Bonchev–Trinajstić information content (AvgIpc) is 4.06. The minimum absolute atomic E-state index is 0.0206. The van der Waals surface area contributed by atoms with E-state index in [2.05, 4.69) is 37.2 Å². The van der Waals surface area contributed by atoms with Crippen LogP contribution in [0.5, 0.6) is 0 Å². The lowest BCUT2D eigenvalue weighted by Crippen LogP contribution is -2.61. The molecule has 10 atom stereocenters. The van der Waals surface area contributed by atoms with E-state index in [9.17, 15) is 72.9 Å². The lowest BCUT2D eigenvalue weighted by Gasteiger charge is -2.34. The van der Waals surface area contributed by atoms with E-state index in [0.717, 1.165) is 0 Å². The summed E-state index contributed by atoms with van der Waals surface area (Å²) in [6.45, 7) is 7.34. The number of rotatable bonds is 30. The van der Waals surface area contributed by atoms with Gasteiger partial charge in [0.1, 0.15) is 54.4 Å². The number of aliphatic hydroxyl groups is 1. The first-order valence-corrected chi connectivity index (χ1v) is 26.5. The lowest BCUT2D eigenvalue weighted by molar-refractivity contribution is -0.149. The second-order valence-electron chi connectivity index (χ2n) is 19.6. The van der Waals surface area contributed by atoms with Crippen molar-refractivity contribution in [3.63, 3.8) is 0 Å². The first-order valence-electron chi connectivity index (χ1n) is 25.2. The number of amides is 10. The summed E-state index contributed by atoms with van der Waals surface area (Å²) >= 11 is 1.46. The first-order chi connectivity index (χ1) is 35.8. The number of benzene rings is 1. The Morgan fingerprint density at radius 3 is 1.72 bits per heavy atom. The number of thioether (sulfide) groups is 1. The minimum atomic E-state index is -1.94. The molecular weight excluding hydrogens is 1010 g/mol. The number of nitrogens with two attached hydrogens (primary N) is 2. The van der Waals surface area contributed by atoms with Crippen LogP contribution in [0.15, 0.2) is 30.3 Å². The Balaban J connectivity index is 1.85. The van der Waals surface area contributed by atoms with E-state index in [1.54, 1.807) is 58.0 Å². The molecule has 0 aliphatic carbocycles. The minimum Gasteiger partial charge on any atom is -0.481 e. The average molecular weight is 1090 g/mol. The highest BCUT2D eigenvalue weighted by atomic mass is 32.2. The zero-order valence-electron chi connectivity index (χ0n) is 43.7. The quantitative estimate of drug-likeness (QED) is 0.0362. The summed E-state index contributed by atoms with van der Waals surface area (Å²) in [5.74, 6) is -12.0. The molecule has 2 aliphatic heterocycles. The predicted molar refractivity (Wildman–Crippen MR) is 275 cm³/mol. The number of likely N-dealkylation sites (tertiary alicyclic amines) is 2. The molecule has 0 unspecified atom stereocenters. The van der Waals surface area contributed by atoms with E-state index in [1.165, 1.54) is 28.5 Å². The van der Waals surface area contributed by atoms with Gasteiger partial charge in [0.05, 0.1) is 25.5 Å². The molecule has 0 radical (unpaired) electrons. The number of carboxylic acid groups (broad SMARTS) is 2. The predicted octanol–water partition coefficient (Wildman–Crippen LogP) is -3.17. The van der Waals surface area contributed by atoms with E-state index >= 15 is 0 Å². The van der Waals surface area contributed by atoms with Crippen molar-refractivity contribution in [2.24, 2.45) is 23.3 Å². The molecule has 2 aliphatic rings. The van der Waals surface area contributed by atoms with Gasteiger partial charge in [-0.1, -0.05) is 58.0 Å². The molecule has 2 saturated heterocycles. The van der Waals surface area contributed by atoms with Crippen LogP contribution in [0.2, 0.25) is 0 Å². The number of aliphatic hydroxyl groups excluding tert-OH is 1. The molecule has 1 aromatic carbocycles. The zero-order chi connectivity index (χ0) is 57.0. The Labute approximate surface area is 445 Å². The number of carbonyl (C=O) groups is 12. The highest BCUT2D eigenvalue weighted by molar-refractivity contribution is 7.98. The largest absolute Gasteiger partial charge is 0.481 e. The van der Waals surface area contributed by atoms with Crippen molar-refractivity contribution in [1.82, 2.24) is 47.0 Å². The second kappa shape index (κ2) is 30.6. The maximum atomic E-state index is 14.4. The van der Waals surface area contributed by atoms with Crippen molar-refractivity contribution in [2.45, 2.75) is 153 Å².